The van der Waals surface area contributed by atoms with Gasteiger partial charge < -0.3 is 5.11 Å². The molecule has 0 saturated heterocycles. The molecular formula is C22H30O. The molecule has 4 aliphatic carbocycles. The molecule has 0 radical (unpaired) electrons. The fraction of sp³-hybridized carbons (Fsp3) is 0.727. The van der Waals surface area contributed by atoms with Gasteiger partial charge >= 0.3 is 0 Å². The third-order valence-electron chi connectivity index (χ3n) is 8.22. The predicted molar refractivity (Wildman–Crippen MR) is 93.6 cm³/mol. The van der Waals surface area contributed by atoms with Gasteiger partial charge in [0.1, 0.15) is 0 Å². The summed E-state index contributed by atoms with van der Waals surface area (Å²) in [7, 11) is 0. The molecule has 3 fully saturated rings. The Morgan fingerprint density at radius 1 is 1.09 bits per heavy atom. The van der Waals surface area contributed by atoms with E-state index in [4.69, 9.17) is 0 Å². The lowest BCUT2D eigenvalue weighted by molar-refractivity contribution is 0.00957. The van der Waals surface area contributed by atoms with Crippen LogP contribution in [0.3, 0.4) is 0 Å². The molecule has 1 N–H and O–H groups in total. The van der Waals surface area contributed by atoms with Crippen molar-refractivity contribution in [3.05, 3.63) is 34.9 Å². The van der Waals surface area contributed by atoms with E-state index in [2.05, 4.69) is 25.1 Å². The molecule has 3 saturated carbocycles. The van der Waals surface area contributed by atoms with Crippen molar-refractivity contribution in [2.24, 2.45) is 23.2 Å². The number of rotatable bonds is 2. The van der Waals surface area contributed by atoms with Crippen molar-refractivity contribution >= 4 is 0 Å². The first-order valence-corrected chi connectivity index (χ1v) is 9.94. The summed E-state index contributed by atoms with van der Waals surface area (Å²) in [5.74, 6) is 3.99. The van der Waals surface area contributed by atoms with Gasteiger partial charge in [-0.15, -0.1) is 0 Å². The molecule has 5 rings (SSSR count). The fourth-order valence-corrected chi connectivity index (χ4v) is 6.68. The lowest BCUT2D eigenvalue weighted by Gasteiger charge is -2.51. The molecule has 0 aromatic heterocycles. The summed E-state index contributed by atoms with van der Waals surface area (Å²) in [6.45, 7) is 2.90. The van der Waals surface area contributed by atoms with Crippen LogP contribution < -0.4 is 0 Å². The molecular weight excluding hydrogens is 280 g/mol. The van der Waals surface area contributed by atoms with Gasteiger partial charge in [0, 0.05) is 6.61 Å². The molecule has 0 bridgehead atoms. The van der Waals surface area contributed by atoms with Crippen LogP contribution in [0.5, 0.6) is 0 Å². The number of hydrogen-bond acceptors (Lipinski definition) is 1. The van der Waals surface area contributed by atoms with Crippen LogP contribution in [0.4, 0.5) is 0 Å². The molecule has 0 spiro atoms. The summed E-state index contributed by atoms with van der Waals surface area (Å²) in [6.07, 6.45) is 10.8. The third-order valence-corrected chi connectivity index (χ3v) is 8.22. The van der Waals surface area contributed by atoms with E-state index in [1.165, 1.54) is 51.4 Å². The minimum absolute atomic E-state index is 0.408. The Balaban J connectivity index is 1.47. The smallest absolute Gasteiger partial charge is 0.0464 e. The van der Waals surface area contributed by atoms with Crippen LogP contribution in [-0.2, 0) is 6.42 Å². The van der Waals surface area contributed by atoms with Crippen LogP contribution >= 0.6 is 0 Å². The van der Waals surface area contributed by atoms with Crippen molar-refractivity contribution in [1.82, 2.24) is 0 Å². The van der Waals surface area contributed by atoms with Crippen LogP contribution in [0.1, 0.15) is 80.4 Å². The summed E-state index contributed by atoms with van der Waals surface area (Å²) in [5, 5.41) is 9.81. The second-order valence-corrected chi connectivity index (χ2v) is 9.15. The highest BCUT2D eigenvalue weighted by molar-refractivity contribution is 5.40. The fourth-order valence-electron chi connectivity index (χ4n) is 6.68. The predicted octanol–water partition coefficient (Wildman–Crippen LogP) is 5.03. The van der Waals surface area contributed by atoms with Gasteiger partial charge in [-0.2, -0.15) is 0 Å². The molecule has 1 heteroatoms. The summed E-state index contributed by atoms with van der Waals surface area (Å²) in [4.78, 5) is 0. The molecule has 4 aliphatic rings. The van der Waals surface area contributed by atoms with Gasteiger partial charge in [0.15, 0.2) is 0 Å². The Morgan fingerprint density at radius 3 is 2.74 bits per heavy atom. The van der Waals surface area contributed by atoms with Crippen molar-refractivity contribution in [3.8, 4) is 0 Å². The van der Waals surface area contributed by atoms with E-state index in [0.717, 1.165) is 23.7 Å². The first-order valence-electron chi connectivity index (χ1n) is 9.94. The topological polar surface area (TPSA) is 20.2 Å². The molecule has 1 aromatic rings. The Morgan fingerprint density at radius 2 is 1.96 bits per heavy atom. The maximum atomic E-state index is 9.81. The van der Waals surface area contributed by atoms with Crippen molar-refractivity contribution < 1.29 is 5.11 Å². The van der Waals surface area contributed by atoms with E-state index < -0.39 is 0 Å². The van der Waals surface area contributed by atoms with Crippen LogP contribution in [0.2, 0.25) is 0 Å². The van der Waals surface area contributed by atoms with E-state index in [1.54, 1.807) is 16.7 Å². The SMILES string of the molecule is CC12CCC3c4ccc(C5CC5)cc4CCC3C1CCC2CO. The molecule has 5 atom stereocenters. The largest absolute Gasteiger partial charge is 0.396 e. The van der Waals surface area contributed by atoms with E-state index in [9.17, 15) is 5.11 Å². The first-order chi connectivity index (χ1) is 11.2. The number of aryl methyl sites for hydroxylation is 1. The number of benzene rings is 1. The summed E-state index contributed by atoms with van der Waals surface area (Å²) >= 11 is 0. The first kappa shape index (κ1) is 14.5. The maximum Gasteiger partial charge on any atom is 0.0464 e. The van der Waals surface area contributed by atoms with Crippen molar-refractivity contribution in [2.45, 2.75) is 70.1 Å². The molecule has 0 amide bonds. The van der Waals surface area contributed by atoms with E-state index in [-0.39, 0.29) is 0 Å². The quantitative estimate of drug-likeness (QED) is 0.812. The van der Waals surface area contributed by atoms with Crippen molar-refractivity contribution in [2.75, 3.05) is 6.61 Å². The second-order valence-electron chi connectivity index (χ2n) is 9.15. The maximum absolute atomic E-state index is 9.81. The number of fused-ring (bicyclic) bond motifs is 5. The minimum Gasteiger partial charge on any atom is -0.396 e. The van der Waals surface area contributed by atoms with Gasteiger partial charge in [0.25, 0.3) is 0 Å². The van der Waals surface area contributed by atoms with E-state index in [0.29, 0.717) is 17.9 Å². The molecule has 0 aliphatic heterocycles. The summed E-state index contributed by atoms with van der Waals surface area (Å²) in [5.41, 5.74) is 5.40. The van der Waals surface area contributed by atoms with Crippen molar-refractivity contribution in [1.29, 1.82) is 0 Å². The normalized spacial score (nSPS) is 42.0. The molecule has 124 valence electrons. The van der Waals surface area contributed by atoms with Crippen LogP contribution in [0, 0.1) is 23.2 Å². The number of aliphatic hydroxyl groups is 1. The standard InChI is InChI=1S/C22H30O/c1-22-11-10-19-18-7-4-15(14-2-3-14)12-16(18)5-8-20(19)21(22)9-6-17(22)13-23/h4,7,12,14,17,19-21,23H,2-3,5-6,8-11,13H2,1H3. The summed E-state index contributed by atoms with van der Waals surface area (Å²) in [6, 6.07) is 7.50. The van der Waals surface area contributed by atoms with Crippen molar-refractivity contribution in [3.63, 3.8) is 0 Å². The minimum atomic E-state index is 0.408. The highest BCUT2D eigenvalue weighted by Gasteiger charge is 2.54. The number of hydrogen-bond donors (Lipinski definition) is 1. The Hall–Kier alpha value is -0.820. The molecule has 1 nitrogen and oxygen atoms in total. The highest BCUT2D eigenvalue weighted by atomic mass is 16.3. The van der Waals surface area contributed by atoms with Gasteiger partial charge in [0.2, 0.25) is 0 Å². The van der Waals surface area contributed by atoms with E-state index in [1.807, 2.05) is 0 Å². The van der Waals surface area contributed by atoms with Gasteiger partial charge in [-0.25, -0.2) is 0 Å². The average molecular weight is 310 g/mol. The highest BCUT2D eigenvalue weighted by Crippen LogP contribution is 2.62. The Bertz CT molecular complexity index is 616. The molecule has 1 aromatic carbocycles. The third kappa shape index (κ3) is 2.08. The monoisotopic (exact) mass is 310 g/mol. The Kier molecular flexibility index (Phi) is 3.21. The average Bonchev–Trinajstić information content (AvgIpc) is 3.36. The summed E-state index contributed by atoms with van der Waals surface area (Å²) < 4.78 is 0. The van der Waals surface area contributed by atoms with Crippen LogP contribution in [0.25, 0.3) is 0 Å². The molecule has 0 heterocycles. The Labute approximate surface area is 140 Å². The lowest BCUT2D eigenvalue weighted by atomic mass is 9.54. The zero-order valence-electron chi connectivity index (χ0n) is 14.4. The van der Waals surface area contributed by atoms with Gasteiger partial charge in [-0.1, -0.05) is 25.1 Å². The second kappa shape index (κ2) is 5.09. The zero-order valence-corrected chi connectivity index (χ0v) is 14.4. The lowest BCUT2D eigenvalue weighted by Crippen LogP contribution is -2.43. The van der Waals surface area contributed by atoms with Gasteiger partial charge in [-0.3, -0.25) is 0 Å². The van der Waals surface area contributed by atoms with Crippen LogP contribution in [0.15, 0.2) is 18.2 Å². The van der Waals surface area contributed by atoms with Crippen LogP contribution in [-0.4, -0.2) is 11.7 Å². The molecule has 5 unspecified atom stereocenters. The molecule has 23 heavy (non-hydrogen) atoms. The number of aliphatic hydroxyl groups excluding tert-OH is 1. The van der Waals surface area contributed by atoms with E-state index >= 15 is 0 Å². The zero-order chi connectivity index (χ0) is 15.6. The van der Waals surface area contributed by atoms with Gasteiger partial charge in [0.05, 0.1) is 0 Å². The van der Waals surface area contributed by atoms with Gasteiger partial charge in [-0.05, 0) is 103 Å².